The largest absolute Gasteiger partial charge is 0.438 e. The van der Waals surface area contributed by atoms with Crippen LogP contribution in [-0.2, 0) is 9.59 Å². The second kappa shape index (κ2) is 11.0. The van der Waals surface area contributed by atoms with Crippen molar-refractivity contribution >= 4 is 28.7 Å². The minimum atomic E-state index is -0.546. The van der Waals surface area contributed by atoms with Gasteiger partial charge in [0, 0.05) is 24.2 Å². The van der Waals surface area contributed by atoms with Crippen molar-refractivity contribution in [3.8, 4) is 11.3 Å². The van der Waals surface area contributed by atoms with Gasteiger partial charge in [0.25, 0.3) is 5.24 Å². The quantitative estimate of drug-likeness (QED) is 0.518. The number of rotatable bonds is 11. The second-order valence-corrected chi connectivity index (χ2v) is 8.27. The van der Waals surface area contributed by atoms with Gasteiger partial charge < -0.3 is 15.1 Å². The van der Waals surface area contributed by atoms with Crippen molar-refractivity contribution < 1.29 is 18.8 Å². The van der Waals surface area contributed by atoms with Crippen LogP contribution in [-0.4, -0.2) is 33.7 Å². The molecule has 0 radical (unpaired) electrons. The number of nitrogens with one attached hydrogen (secondary N) is 2. The Morgan fingerprint density at radius 1 is 1.27 bits per heavy atom. The van der Waals surface area contributed by atoms with Crippen molar-refractivity contribution in [3.05, 3.63) is 42.4 Å². The summed E-state index contributed by atoms with van der Waals surface area (Å²) in [5.74, 6) is 1.54. The van der Waals surface area contributed by atoms with Crippen molar-refractivity contribution in [1.82, 2.24) is 15.6 Å². The summed E-state index contributed by atoms with van der Waals surface area (Å²) in [6.07, 6.45) is 6.03. The van der Waals surface area contributed by atoms with Gasteiger partial charge in [0.15, 0.2) is 5.76 Å². The number of hydrogen-bond donors (Lipinski definition) is 2. The fourth-order valence-corrected chi connectivity index (χ4v) is 4.04. The van der Waals surface area contributed by atoms with E-state index in [1.807, 2.05) is 37.3 Å². The number of carbonyl (C=O) groups excluding carboxylic acids is 3. The zero-order valence-electron chi connectivity index (χ0n) is 17.1. The lowest BCUT2D eigenvalue weighted by Crippen LogP contribution is -2.44. The number of benzene rings is 1. The van der Waals surface area contributed by atoms with Crippen molar-refractivity contribution in [3.63, 3.8) is 0 Å². The van der Waals surface area contributed by atoms with Gasteiger partial charge in [-0.3, -0.25) is 14.4 Å². The standard InChI is InChI=1S/C22H27N3O4S/c1-2-16(26)11-7-4-8-12-17(24-20(27)18-14-30-22(28)25-18)21-23-13-19(29-21)15-9-5-3-6-10-15/h3,5-6,9-10,13,17-18H,2,4,7-8,11-12,14H2,1H3,(H,24,27)(H,25,28)/t17?,18-/m0/s1. The first-order valence-electron chi connectivity index (χ1n) is 10.3. The summed E-state index contributed by atoms with van der Waals surface area (Å²) in [7, 11) is 0. The first-order chi connectivity index (χ1) is 14.6. The highest BCUT2D eigenvalue weighted by Crippen LogP contribution is 2.26. The summed E-state index contributed by atoms with van der Waals surface area (Å²) in [4.78, 5) is 39.9. The minimum Gasteiger partial charge on any atom is -0.438 e. The Labute approximate surface area is 180 Å². The molecule has 2 heterocycles. The van der Waals surface area contributed by atoms with Crippen LogP contribution >= 0.6 is 11.8 Å². The summed E-state index contributed by atoms with van der Waals surface area (Å²) in [6, 6.07) is 8.72. The van der Waals surface area contributed by atoms with Crippen LogP contribution in [0.2, 0.25) is 0 Å². The number of thioether (sulfide) groups is 1. The van der Waals surface area contributed by atoms with E-state index in [1.54, 1.807) is 6.20 Å². The number of carbonyl (C=O) groups is 3. The molecule has 1 fully saturated rings. The molecule has 0 spiro atoms. The maximum Gasteiger partial charge on any atom is 0.279 e. The van der Waals surface area contributed by atoms with Crippen molar-refractivity contribution in [2.45, 2.75) is 57.5 Å². The van der Waals surface area contributed by atoms with Crippen LogP contribution in [0.25, 0.3) is 11.3 Å². The van der Waals surface area contributed by atoms with Crippen LogP contribution in [0.3, 0.4) is 0 Å². The summed E-state index contributed by atoms with van der Waals surface area (Å²) in [6.45, 7) is 1.88. The van der Waals surface area contributed by atoms with Crippen LogP contribution in [0.5, 0.6) is 0 Å². The van der Waals surface area contributed by atoms with E-state index in [0.717, 1.165) is 36.6 Å². The average molecular weight is 430 g/mol. The molecule has 1 aromatic heterocycles. The molecule has 2 atom stereocenters. The summed E-state index contributed by atoms with van der Waals surface area (Å²) >= 11 is 1.11. The van der Waals surface area contributed by atoms with E-state index in [1.165, 1.54) is 0 Å². The van der Waals surface area contributed by atoms with Crippen molar-refractivity contribution in [1.29, 1.82) is 0 Å². The van der Waals surface area contributed by atoms with Gasteiger partial charge in [0.1, 0.15) is 17.9 Å². The lowest BCUT2D eigenvalue weighted by Gasteiger charge is -2.18. The van der Waals surface area contributed by atoms with E-state index in [9.17, 15) is 14.4 Å². The van der Waals surface area contributed by atoms with Gasteiger partial charge in [0.05, 0.1) is 6.20 Å². The SMILES string of the molecule is CCC(=O)CCCCCC(NC(=O)[C@@H]1CSC(=O)N1)c1ncc(-c2ccccc2)o1. The predicted octanol–water partition coefficient (Wildman–Crippen LogP) is 4.25. The molecule has 1 saturated heterocycles. The average Bonchev–Trinajstić information content (AvgIpc) is 3.42. The molecule has 2 aromatic rings. The van der Waals surface area contributed by atoms with E-state index in [4.69, 9.17) is 4.42 Å². The number of amides is 2. The third-order valence-electron chi connectivity index (χ3n) is 5.03. The topological polar surface area (TPSA) is 101 Å². The molecule has 2 amide bonds. The van der Waals surface area contributed by atoms with Gasteiger partial charge in [-0.1, -0.05) is 61.9 Å². The molecular formula is C22H27N3O4S. The summed E-state index contributed by atoms with van der Waals surface area (Å²) in [5.41, 5.74) is 0.916. The van der Waals surface area contributed by atoms with E-state index in [-0.39, 0.29) is 23.0 Å². The molecule has 0 saturated carbocycles. The monoisotopic (exact) mass is 429 g/mol. The highest BCUT2D eigenvalue weighted by Gasteiger charge is 2.30. The molecule has 1 aliphatic heterocycles. The Morgan fingerprint density at radius 3 is 2.77 bits per heavy atom. The fourth-order valence-electron chi connectivity index (χ4n) is 3.26. The van der Waals surface area contributed by atoms with Crippen LogP contribution in [0.1, 0.15) is 57.4 Å². The van der Waals surface area contributed by atoms with Gasteiger partial charge in [0.2, 0.25) is 11.8 Å². The molecule has 7 nitrogen and oxygen atoms in total. The zero-order valence-corrected chi connectivity index (χ0v) is 17.9. The smallest absolute Gasteiger partial charge is 0.279 e. The van der Waals surface area contributed by atoms with E-state index >= 15 is 0 Å². The fraction of sp³-hybridized carbons (Fsp3) is 0.455. The van der Waals surface area contributed by atoms with Crippen molar-refractivity contribution in [2.75, 3.05) is 5.75 Å². The number of nitrogens with zero attached hydrogens (tertiary/aromatic N) is 1. The van der Waals surface area contributed by atoms with Crippen LogP contribution in [0.15, 0.2) is 40.9 Å². The predicted molar refractivity (Wildman–Crippen MR) is 116 cm³/mol. The first-order valence-corrected chi connectivity index (χ1v) is 11.3. The Balaban J connectivity index is 1.64. The second-order valence-electron chi connectivity index (χ2n) is 7.28. The highest BCUT2D eigenvalue weighted by atomic mass is 32.2. The third kappa shape index (κ3) is 6.19. The molecular weight excluding hydrogens is 402 g/mol. The Morgan fingerprint density at radius 2 is 2.07 bits per heavy atom. The number of unbranched alkanes of at least 4 members (excludes halogenated alkanes) is 2. The molecule has 8 heteroatoms. The first kappa shape index (κ1) is 22.1. The molecule has 1 aromatic carbocycles. The van der Waals surface area contributed by atoms with Gasteiger partial charge in [-0.15, -0.1) is 0 Å². The lowest BCUT2D eigenvalue weighted by atomic mass is 10.0. The van der Waals surface area contributed by atoms with Gasteiger partial charge in [-0.25, -0.2) is 4.98 Å². The highest BCUT2D eigenvalue weighted by molar-refractivity contribution is 8.14. The van der Waals surface area contributed by atoms with E-state index in [2.05, 4.69) is 15.6 Å². The van der Waals surface area contributed by atoms with Gasteiger partial charge >= 0.3 is 0 Å². The molecule has 0 aliphatic carbocycles. The number of hydrogen-bond acceptors (Lipinski definition) is 6. The van der Waals surface area contributed by atoms with Crippen molar-refractivity contribution in [2.24, 2.45) is 0 Å². The number of aromatic nitrogens is 1. The molecule has 1 aliphatic rings. The molecule has 30 heavy (non-hydrogen) atoms. The lowest BCUT2D eigenvalue weighted by molar-refractivity contribution is -0.123. The van der Waals surface area contributed by atoms with Crippen LogP contribution < -0.4 is 10.6 Å². The molecule has 1 unspecified atom stereocenters. The van der Waals surface area contributed by atoms with Gasteiger partial charge in [-0.2, -0.15) is 0 Å². The molecule has 0 bridgehead atoms. The van der Waals surface area contributed by atoms with E-state index < -0.39 is 6.04 Å². The molecule has 2 N–H and O–H groups in total. The molecule has 160 valence electrons. The Bertz CT molecular complexity index is 868. The number of oxazole rings is 1. The zero-order chi connectivity index (χ0) is 21.3. The third-order valence-corrected chi connectivity index (χ3v) is 5.91. The van der Waals surface area contributed by atoms with E-state index in [0.29, 0.717) is 36.7 Å². The van der Waals surface area contributed by atoms with Crippen LogP contribution in [0.4, 0.5) is 4.79 Å². The Kier molecular flexibility index (Phi) is 8.07. The summed E-state index contributed by atoms with van der Waals surface area (Å²) < 4.78 is 5.96. The van der Waals surface area contributed by atoms with Gasteiger partial charge in [-0.05, 0) is 12.8 Å². The maximum atomic E-state index is 12.6. The number of ketones is 1. The number of Topliss-reactive ketones (excluding diaryl/α,β-unsaturated/α-hetero) is 1. The maximum absolute atomic E-state index is 12.6. The Hall–Kier alpha value is -2.61. The van der Waals surface area contributed by atoms with Crippen LogP contribution in [0, 0.1) is 0 Å². The minimum absolute atomic E-state index is 0.185. The molecule has 3 rings (SSSR count). The summed E-state index contributed by atoms with van der Waals surface area (Å²) in [5, 5.41) is 5.46. The normalized spacial score (nSPS) is 16.8.